The molecule has 34 heavy (non-hydrogen) atoms. The van der Waals surface area contributed by atoms with Crippen LogP contribution in [0, 0.1) is 0 Å². The Balaban J connectivity index is 1.71. The number of hydrazine groups is 1. The van der Waals surface area contributed by atoms with Crippen molar-refractivity contribution in [1.82, 2.24) is 20.6 Å². The van der Waals surface area contributed by atoms with Gasteiger partial charge in [0.15, 0.2) is 5.69 Å². The van der Waals surface area contributed by atoms with Gasteiger partial charge in [0.2, 0.25) is 0 Å². The minimum atomic E-state index is -4.44. The molecule has 0 saturated heterocycles. The summed E-state index contributed by atoms with van der Waals surface area (Å²) in [5, 5.41) is 4.90. The SMILES string of the molecule is CCCCCn1nc(C(=O)NNC(=O)/C=C/c2ccc(C(F)(F)F)cc2)c2ccccc2c1=O. The Labute approximate surface area is 193 Å². The number of alkyl halides is 3. The number of hydrogen-bond acceptors (Lipinski definition) is 4. The Morgan fingerprint density at radius 1 is 1.00 bits per heavy atom. The first-order valence-electron chi connectivity index (χ1n) is 10.7. The second-order valence-corrected chi connectivity index (χ2v) is 7.53. The molecule has 2 N–H and O–H groups in total. The van der Waals surface area contributed by atoms with Crippen LogP contribution in [0.3, 0.4) is 0 Å². The first-order valence-corrected chi connectivity index (χ1v) is 10.7. The Morgan fingerprint density at radius 2 is 1.68 bits per heavy atom. The summed E-state index contributed by atoms with van der Waals surface area (Å²) in [6.07, 6.45) is 0.531. The highest BCUT2D eigenvalue weighted by atomic mass is 19.4. The maximum atomic E-state index is 12.7. The molecule has 0 spiro atoms. The highest BCUT2D eigenvalue weighted by Gasteiger charge is 2.29. The molecule has 0 atom stereocenters. The van der Waals surface area contributed by atoms with Crippen LogP contribution < -0.4 is 16.4 Å². The topological polar surface area (TPSA) is 93.1 Å². The highest BCUT2D eigenvalue weighted by Crippen LogP contribution is 2.29. The molecule has 0 radical (unpaired) electrons. The molecular formula is C24H23F3N4O3. The predicted octanol–water partition coefficient (Wildman–Crippen LogP) is 4.08. The van der Waals surface area contributed by atoms with Crippen molar-refractivity contribution < 1.29 is 22.8 Å². The number of fused-ring (bicyclic) bond motifs is 1. The van der Waals surface area contributed by atoms with E-state index in [2.05, 4.69) is 16.0 Å². The number of nitrogens with zero attached hydrogens (tertiary/aromatic N) is 2. The van der Waals surface area contributed by atoms with E-state index in [-0.39, 0.29) is 11.3 Å². The maximum absolute atomic E-state index is 12.7. The molecule has 0 unspecified atom stereocenters. The second kappa shape index (κ2) is 10.8. The van der Waals surface area contributed by atoms with E-state index in [1.807, 2.05) is 6.92 Å². The third kappa shape index (κ3) is 6.09. The summed E-state index contributed by atoms with van der Waals surface area (Å²) in [6.45, 7) is 2.39. The fourth-order valence-corrected chi connectivity index (χ4v) is 3.24. The monoisotopic (exact) mass is 472 g/mol. The smallest absolute Gasteiger partial charge is 0.268 e. The fourth-order valence-electron chi connectivity index (χ4n) is 3.24. The molecule has 0 saturated carbocycles. The van der Waals surface area contributed by atoms with E-state index in [0.29, 0.717) is 22.9 Å². The molecule has 0 aliphatic carbocycles. The van der Waals surface area contributed by atoms with Gasteiger partial charge in [0.1, 0.15) is 0 Å². The Kier molecular flexibility index (Phi) is 7.83. The number of aryl methyl sites for hydroxylation is 1. The van der Waals surface area contributed by atoms with Crippen molar-refractivity contribution in [3.63, 3.8) is 0 Å². The first-order chi connectivity index (χ1) is 16.2. The quantitative estimate of drug-likeness (QED) is 0.308. The number of nitrogens with one attached hydrogen (secondary N) is 2. The van der Waals surface area contributed by atoms with Crippen LogP contribution in [0.2, 0.25) is 0 Å². The average Bonchev–Trinajstić information content (AvgIpc) is 2.82. The molecule has 0 fully saturated rings. The predicted molar refractivity (Wildman–Crippen MR) is 122 cm³/mol. The van der Waals surface area contributed by atoms with E-state index >= 15 is 0 Å². The molecule has 178 valence electrons. The third-order valence-electron chi connectivity index (χ3n) is 5.02. The van der Waals surface area contributed by atoms with Gasteiger partial charge in [-0.05, 0) is 36.3 Å². The van der Waals surface area contributed by atoms with Crippen molar-refractivity contribution in [3.05, 3.63) is 81.8 Å². The van der Waals surface area contributed by atoms with Gasteiger partial charge in [-0.2, -0.15) is 18.3 Å². The number of hydrogen-bond donors (Lipinski definition) is 2. The Bertz CT molecular complexity index is 1270. The van der Waals surface area contributed by atoms with Gasteiger partial charge in [-0.1, -0.05) is 50.1 Å². The van der Waals surface area contributed by atoms with Gasteiger partial charge in [-0.15, -0.1) is 0 Å². The first kappa shape index (κ1) is 24.7. The molecular weight excluding hydrogens is 449 g/mol. The fraction of sp³-hybridized carbons (Fsp3) is 0.250. The molecule has 0 aliphatic heterocycles. The number of halogens is 3. The van der Waals surface area contributed by atoms with E-state index in [0.717, 1.165) is 37.5 Å². The van der Waals surface area contributed by atoms with Crippen LogP contribution in [-0.4, -0.2) is 21.6 Å². The molecule has 7 nitrogen and oxygen atoms in total. The van der Waals surface area contributed by atoms with Crippen LogP contribution in [0.25, 0.3) is 16.8 Å². The van der Waals surface area contributed by atoms with Crippen LogP contribution in [-0.2, 0) is 17.5 Å². The van der Waals surface area contributed by atoms with Crippen LogP contribution >= 0.6 is 0 Å². The van der Waals surface area contributed by atoms with Crippen molar-refractivity contribution in [3.8, 4) is 0 Å². The molecule has 3 aromatic rings. The van der Waals surface area contributed by atoms with Gasteiger partial charge < -0.3 is 0 Å². The van der Waals surface area contributed by atoms with Gasteiger partial charge in [-0.25, -0.2) is 4.68 Å². The number of carbonyl (C=O) groups excluding carboxylic acids is 2. The average molecular weight is 472 g/mol. The molecule has 0 aliphatic rings. The molecule has 3 rings (SSSR count). The van der Waals surface area contributed by atoms with Crippen molar-refractivity contribution in [2.75, 3.05) is 0 Å². The Hall–Kier alpha value is -3.95. The van der Waals surface area contributed by atoms with E-state index in [1.54, 1.807) is 24.3 Å². The third-order valence-corrected chi connectivity index (χ3v) is 5.02. The van der Waals surface area contributed by atoms with Crippen molar-refractivity contribution in [1.29, 1.82) is 0 Å². The summed E-state index contributed by atoms with van der Waals surface area (Å²) in [7, 11) is 0. The molecule has 1 aromatic heterocycles. The van der Waals surface area contributed by atoms with E-state index < -0.39 is 23.6 Å². The van der Waals surface area contributed by atoms with E-state index in [9.17, 15) is 27.6 Å². The highest BCUT2D eigenvalue weighted by molar-refractivity contribution is 6.05. The molecule has 1 heterocycles. The summed E-state index contributed by atoms with van der Waals surface area (Å²) in [6, 6.07) is 10.8. The van der Waals surface area contributed by atoms with Crippen LogP contribution in [0.4, 0.5) is 13.2 Å². The molecule has 0 bridgehead atoms. The largest absolute Gasteiger partial charge is 0.416 e. The molecule has 2 amide bonds. The number of unbranched alkanes of at least 4 members (excludes halogenated alkanes) is 2. The van der Waals surface area contributed by atoms with Crippen LogP contribution in [0.15, 0.2) is 59.4 Å². The van der Waals surface area contributed by atoms with Gasteiger partial charge in [0.25, 0.3) is 17.4 Å². The van der Waals surface area contributed by atoms with Gasteiger partial charge in [0, 0.05) is 18.0 Å². The van der Waals surface area contributed by atoms with Crippen molar-refractivity contribution in [2.24, 2.45) is 0 Å². The lowest BCUT2D eigenvalue weighted by Crippen LogP contribution is -2.42. The summed E-state index contributed by atoms with van der Waals surface area (Å²) in [5.41, 5.74) is 3.73. The van der Waals surface area contributed by atoms with Gasteiger partial charge in [-0.3, -0.25) is 25.2 Å². The summed E-state index contributed by atoms with van der Waals surface area (Å²) in [5.74, 6) is -1.41. The normalized spacial score (nSPS) is 11.6. The van der Waals surface area contributed by atoms with Crippen molar-refractivity contribution >= 4 is 28.7 Å². The number of carbonyl (C=O) groups is 2. The molecule has 10 heteroatoms. The standard InChI is InChI=1S/C24H23F3N4O3/c1-2-3-6-15-31-23(34)19-8-5-4-7-18(19)21(30-31)22(33)29-28-20(32)14-11-16-9-12-17(13-10-16)24(25,26)27/h4-5,7-14H,2-3,6,15H2,1H3,(H,28,32)(H,29,33)/b14-11+. The maximum Gasteiger partial charge on any atom is 0.416 e. The minimum Gasteiger partial charge on any atom is -0.268 e. The minimum absolute atomic E-state index is 0.0151. The van der Waals surface area contributed by atoms with E-state index in [1.165, 1.54) is 22.9 Å². The van der Waals surface area contributed by atoms with Crippen molar-refractivity contribution in [2.45, 2.75) is 38.9 Å². The lowest BCUT2D eigenvalue weighted by molar-refractivity contribution is -0.137. The van der Waals surface area contributed by atoms with E-state index in [4.69, 9.17) is 0 Å². The summed E-state index contributed by atoms with van der Waals surface area (Å²) >= 11 is 0. The Morgan fingerprint density at radius 3 is 2.32 bits per heavy atom. The zero-order chi connectivity index (χ0) is 24.7. The number of aromatic nitrogens is 2. The lowest BCUT2D eigenvalue weighted by Gasteiger charge is -2.11. The molecule has 2 aromatic carbocycles. The number of rotatable bonds is 7. The number of benzene rings is 2. The van der Waals surface area contributed by atoms with Gasteiger partial charge in [0.05, 0.1) is 10.9 Å². The zero-order valence-corrected chi connectivity index (χ0v) is 18.4. The zero-order valence-electron chi connectivity index (χ0n) is 18.4. The summed E-state index contributed by atoms with van der Waals surface area (Å²) < 4.78 is 39.1. The van der Waals surface area contributed by atoms with Crippen LogP contribution in [0.5, 0.6) is 0 Å². The van der Waals surface area contributed by atoms with Gasteiger partial charge >= 0.3 is 6.18 Å². The summed E-state index contributed by atoms with van der Waals surface area (Å²) in [4.78, 5) is 37.5. The second-order valence-electron chi connectivity index (χ2n) is 7.53. The van der Waals surface area contributed by atoms with Crippen LogP contribution in [0.1, 0.15) is 47.8 Å². The lowest BCUT2D eigenvalue weighted by atomic mass is 10.1. The number of amides is 2.